The van der Waals surface area contributed by atoms with Gasteiger partial charge in [-0.3, -0.25) is 0 Å². The maximum Gasteiger partial charge on any atom is 0.317 e. The third-order valence-corrected chi connectivity index (χ3v) is 5.03. The Hall–Kier alpha value is -2.49. The number of urea groups is 1. The van der Waals surface area contributed by atoms with Crippen molar-refractivity contribution < 1.29 is 4.79 Å². The smallest absolute Gasteiger partial charge is 0.317 e. The maximum atomic E-state index is 12.4. The summed E-state index contributed by atoms with van der Waals surface area (Å²) >= 11 is 0. The molecule has 26 heavy (non-hydrogen) atoms. The first kappa shape index (κ1) is 18.3. The summed E-state index contributed by atoms with van der Waals surface area (Å²) in [5.41, 5.74) is 5.20. The monoisotopic (exact) mass is 351 g/mol. The average Bonchev–Trinajstić information content (AvgIpc) is 2.68. The van der Waals surface area contributed by atoms with Crippen molar-refractivity contribution in [2.24, 2.45) is 0 Å². The van der Waals surface area contributed by atoms with Gasteiger partial charge in [-0.1, -0.05) is 42.5 Å². The Bertz CT molecular complexity index is 721. The van der Waals surface area contributed by atoms with Crippen molar-refractivity contribution in [3.8, 4) is 0 Å². The van der Waals surface area contributed by atoms with Gasteiger partial charge in [0.05, 0.1) is 0 Å². The van der Waals surface area contributed by atoms with Crippen LogP contribution in [0.4, 0.5) is 10.5 Å². The van der Waals surface area contributed by atoms with E-state index in [0.29, 0.717) is 0 Å². The van der Waals surface area contributed by atoms with Gasteiger partial charge in [0, 0.05) is 38.4 Å². The first-order valence-electron chi connectivity index (χ1n) is 9.52. The van der Waals surface area contributed by atoms with E-state index in [4.69, 9.17) is 0 Å². The molecule has 4 nitrogen and oxygen atoms in total. The van der Waals surface area contributed by atoms with Gasteiger partial charge in [-0.25, -0.2) is 4.79 Å². The number of anilines is 1. The molecule has 1 heterocycles. The molecule has 0 bridgehead atoms. The highest BCUT2D eigenvalue weighted by molar-refractivity contribution is 5.74. The molecule has 1 aliphatic heterocycles. The summed E-state index contributed by atoms with van der Waals surface area (Å²) in [7, 11) is 0. The standard InChI is InChI=1S/C22H29N3O/c1-18-10-11-19(2)21(17-18)24-13-15-25(16-14-24)22(26)23-12-6-9-20-7-4-3-5-8-20/h3-5,7-8,10-11,17H,6,9,12-16H2,1-2H3,(H,23,26). The van der Waals surface area contributed by atoms with E-state index in [1.807, 2.05) is 11.0 Å². The minimum atomic E-state index is 0.0682. The SMILES string of the molecule is Cc1ccc(C)c(N2CCN(C(=O)NCCCc3ccccc3)CC2)c1. The second-order valence-electron chi connectivity index (χ2n) is 7.09. The van der Waals surface area contributed by atoms with Gasteiger partial charge in [0.2, 0.25) is 0 Å². The second-order valence-corrected chi connectivity index (χ2v) is 7.09. The number of nitrogens with zero attached hydrogens (tertiary/aromatic N) is 2. The number of benzene rings is 2. The molecule has 2 aromatic rings. The van der Waals surface area contributed by atoms with Crippen LogP contribution in [0.2, 0.25) is 0 Å². The summed E-state index contributed by atoms with van der Waals surface area (Å²) in [6, 6.07) is 17.1. The lowest BCUT2D eigenvalue weighted by Crippen LogP contribution is -2.52. The number of aryl methyl sites for hydroxylation is 3. The van der Waals surface area contributed by atoms with Gasteiger partial charge in [0.25, 0.3) is 0 Å². The molecule has 1 fully saturated rings. The lowest BCUT2D eigenvalue weighted by atomic mass is 10.1. The van der Waals surface area contributed by atoms with Gasteiger partial charge in [-0.05, 0) is 49.4 Å². The molecule has 0 saturated carbocycles. The number of hydrogen-bond acceptors (Lipinski definition) is 2. The van der Waals surface area contributed by atoms with Crippen LogP contribution in [0.5, 0.6) is 0 Å². The summed E-state index contributed by atoms with van der Waals surface area (Å²) in [5, 5.41) is 3.07. The Morgan fingerprint density at radius 3 is 2.46 bits per heavy atom. The Kier molecular flexibility index (Phi) is 6.16. The van der Waals surface area contributed by atoms with E-state index in [0.717, 1.165) is 45.6 Å². The second kappa shape index (κ2) is 8.75. The third-order valence-electron chi connectivity index (χ3n) is 5.03. The Labute approximate surface area is 156 Å². The van der Waals surface area contributed by atoms with Crippen LogP contribution in [-0.4, -0.2) is 43.7 Å². The van der Waals surface area contributed by atoms with Crippen molar-refractivity contribution in [1.82, 2.24) is 10.2 Å². The van der Waals surface area contributed by atoms with Gasteiger partial charge in [0.15, 0.2) is 0 Å². The number of piperazine rings is 1. The molecular formula is C22H29N3O. The quantitative estimate of drug-likeness (QED) is 0.833. The fourth-order valence-electron chi connectivity index (χ4n) is 3.45. The lowest BCUT2D eigenvalue weighted by Gasteiger charge is -2.37. The molecule has 3 rings (SSSR count). The molecule has 4 heteroatoms. The Morgan fingerprint density at radius 1 is 1.00 bits per heavy atom. The molecule has 1 N–H and O–H groups in total. The Morgan fingerprint density at radius 2 is 1.73 bits per heavy atom. The molecule has 2 amide bonds. The number of carbonyl (C=O) groups is 1. The van der Waals surface area contributed by atoms with Crippen molar-refractivity contribution in [2.75, 3.05) is 37.6 Å². The molecular weight excluding hydrogens is 322 g/mol. The van der Waals surface area contributed by atoms with Crippen LogP contribution in [0.25, 0.3) is 0 Å². The number of hydrogen-bond donors (Lipinski definition) is 1. The highest BCUT2D eigenvalue weighted by Crippen LogP contribution is 2.22. The summed E-state index contributed by atoms with van der Waals surface area (Å²) in [6.07, 6.45) is 1.97. The zero-order valence-electron chi connectivity index (χ0n) is 15.9. The molecule has 138 valence electrons. The van der Waals surface area contributed by atoms with Crippen LogP contribution < -0.4 is 10.2 Å². The van der Waals surface area contributed by atoms with Crippen molar-refractivity contribution in [1.29, 1.82) is 0 Å². The molecule has 0 aromatic heterocycles. The predicted molar refractivity (Wildman–Crippen MR) is 108 cm³/mol. The summed E-state index contributed by atoms with van der Waals surface area (Å²) in [4.78, 5) is 16.7. The van der Waals surface area contributed by atoms with Crippen LogP contribution in [0.3, 0.4) is 0 Å². The first-order chi connectivity index (χ1) is 12.6. The summed E-state index contributed by atoms with van der Waals surface area (Å²) < 4.78 is 0. The van der Waals surface area contributed by atoms with Crippen molar-refractivity contribution in [3.63, 3.8) is 0 Å². The summed E-state index contributed by atoms with van der Waals surface area (Å²) in [5.74, 6) is 0. The van der Waals surface area contributed by atoms with Crippen LogP contribution >= 0.6 is 0 Å². The average molecular weight is 351 g/mol. The molecule has 2 aromatic carbocycles. The molecule has 0 unspecified atom stereocenters. The maximum absolute atomic E-state index is 12.4. The summed E-state index contributed by atoms with van der Waals surface area (Å²) in [6.45, 7) is 8.34. The van der Waals surface area contributed by atoms with Crippen molar-refractivity contribution in [2.45, 2.75) is 26.7 Å². The van der Waals surface area contributed by atoms with Crippen LogP contribution in [0, 0.1) is 13.8 Å². The van der Waals surface area contributed by atoms with E-state index in [-0.39, 0.29) is 6.03 Å². The van der Waals surface area contributed by atoms with Gasteiger partial charge in [-0.2, -0.15) is 0 Å². The molecule has 0 atom stereocenters. The zero-order valence-corrected chi connectivity index (χ0v) is 15.9. The molecule has 0 spiro atoms. The molecule has 1 saturated heterocycles. The minimum Gasteiger partial charge on any atom is -0.368 e. The zero-order chi connectivity index (χ0) is 18.4. The van der Waals surface area contributed by atoms with E-state index < -0.39 is 0 Å². The third kappa shape index (κ3) is 4.78. The van der Waals surface area contributed by atoms with Crippen molar-refractivity contribution in [3.05, 3.63) is 65.2 Å². The number of rotatable bonds is 5. The highest BCUT2D eigenvalue weighted by Gasteiger charge is 2.21. The fraction of sp³-hybridized carbons (Fsp3) is 0.409. The number of amides is 2. The van der Waals surface area contributed by atoms with E-state index in [1.165, 1.54) is 22.4 Å². The number of carbonyl (C=O) groups excluding carboxylic acids is 1. The molecule has 0 aliphatic carbocycles. The van der Waals surface area contributed by atoms with Gasteiger partial charge >= 0.3 is 6.03 Å². The van der Waals surface area contributed by atoms with Crippen molar-refractivity contribution >= 4 is 11.7 Å². The predicted octanol–water partition coefficient (Wildman–Crippen LogP) is 3.77. The highest BCUT2D eigenvalue weighted by atomic mass is 16.2. The lowest BCUT2D eigenvalue weighted by molar-refractivity contribution is 0.194. The fourth-order valence-corrected chi connectivity index (χ4v) is 3.45. The largest absolute Gasteiger partial charge is 0.368 e. The van der Waals surface area contributed by atoms with E-state index in [9.17, 15) is 4.79 Å². The van der Waals surface area contributed by atoms with Crippen LogP contribution in [0.1, 0.15) is 23.1 Å². The van der Waals surface area contributed by atoms with Crippen LogP contribution in [0.15, 0.2) is 48.5 Å². The van der Waals surface area contributed by atoms with E-state index in [2.05, 4.69) is 66.5 Å². The van der Waals surface area contributed by atoms with Gasteiger partial charge in [0.1, 0.15) is 0 Å². The van der Waals surface area contributed by atoms with E-state index in [1.54, 1.807) is 0 Å². The molecule has 0 radical (unpaired) electrons. The number of nitrogens with one attached hydrogen (secondary N) is 1. The van der Waals surface area contributed by atoms with Gasteiger partial charge < -0.3 is 15.1 Å². The molecule has 1 aliphatic rings. The topological polar surface area (TPSA) is 35.6 Å². The van der Waals surface area contributed by atoms with Crippen LogP contribution in [-0.2, 0) is 6.42 Å². The Balaban J connectivity index is 1.41. The normalized spacial score (nSPS) is 14.4. The van der Waals surface area contributed by atoms with Gasteiger partial charge in [-0.15, -0.1) is 0 Å². The first-order valence-corrected chi connectivity index (χ1v) is 9.52. The van der Waals surface area contributed by atoms with E-state index >= 15 is 0 Å². The minimum absolute atomic E-state index is 0.0682.